The molecule has 1 aromatic heterocycles. The largest absolute Gasteiger partial charge is 0.383 e. The highest BCUT2D eigenvalue weighted by molar-refractivity contribution is 7.90. The molecule has 0 saturated carbocycles. The molecule has 0 aliphatic heterocycles. The van der Waals surface area contributed by atoms with E-state index in [1.807, 2.05) is 18.2 Å². The molecule has 0 radical (unpaired) electrons. The van der Waals surface area contributed by atoms with Gasteiger partial charge in [-0.15, -0.1) is 24.2 Å². The average Bonchev–Trinajstić information content (AvgIpc) is 2.72. The lowest BCUT2D eigenvalue weighted by Crippen LogP contribution is -2.36. The van der Waals surface area contributed by atoms with Crippen LogP contribution >= 0.6 is 24.0 Å². The summed E-state index contributed by atoms with van der Waals surface area (Å²) >= 11 is 6.23. The zero-order valence-corrected chi connectivity index (χ0v) is 19.5. The zero-order chi connectivity index (χ0) is 21.6. The molecule has 1 atom stereocenters. The molecule has 3 rings (SSSR count). The van der Waals surface area contributed by atoms with Crippen LogP contribution in [0.1, 0.15) is 35.2 Å². The van der Waals surface area contributed by atoms with Gasteiger partial charge in [0.2, 0.25) is 0 Å². The molecule has 1 aromatic carbocycles. The van der Waals surface area contributed by atoms with E-state index < -0.39 is 9.84 Å². The van der Waals surface area contributed by atoms with E-state index >= 15 is 0 Å². The van der Waals surface area contributed by atoms with Crippen LogP contribution in [0.3, 0.4) is 0 Å². The van der Waals surface area contributed by atoms with Crippen LogP contribution in [0.4, 0.5) is 5.69 Å². The van der Waals surface area contributed by atoms with Gasteiger partial charge >= 0.3 is 0 Å². The van der Waals surface area contributed by atoms with Gasteiger partial charge in [0.25, 0.3) is 5.91 Å². The van der Waals surface area contributed by atoms with Gasteiger partial charge in [0.05, 0.1) is 17.0 Å². The highest BCUT2D eigenvalue weighted by Crippen LogP contribution is 2.36. The minimum absolute atomic E-state index is 0. The van der Waals surface area contributed by atoms with Crippen molar-refractivity contribution >= 4 is 45.4 Å². The smallest absolute Gasteiger partial charge is 0.254 e. The first-order valence-electron chi connectivity index (χ1n) is 9.65. The minimum atomic E-state index is -3.15. The number of anilines is 1. The highest BCUT2D eigenvalue weighted by atomic mass is 35.5. The second-order valence-corrected chi connectivity index (χ2v) is 10.2. The van der Waals surface area contributed by atoms with Gasteiger partial charge in [-0.1, -0.05) is 23.7 Å². The Morgan fingerprint density at radius 3 is 2.77 bits per heavy atom. The number of halogens is 2. The number of hydrogen-bond donors (Lipinski definition) is 2. The number of nitrogens with one attached hydrogen (secondary N) is 2. The molecule has 9 heteroatoms. The van der Waals surface area contributed by atoms with E-state index in [2.05, 4.69) is 33.5 Å². The maximum absolute atomic E-state index is 12.6. The summed E-state index contributed by atoms with van der Waals surface area (Å²) in [5, 5.41) is 6.72. The fourth-order valence-electron chi connectivity index (χ4n) is 3.47. The third-order valence-electron chi connectivity index (χ3n) is 5.16. The molecule has 6 nitrogen and oxygen atoms in total. The SMILES string of the molecule is CS(=O)(=O)CCNC(=O)c1cnccc1NCC1(c2cccc(Cl)c2)CC#CCC1.Cl. The molecule has 2 aromatic rings. The zero-order valence-electron chi connectivity index (χ0n) is 17.2. The molecule has 1 heterocycles. The lowest BCUT2D eigenvalue weighted by atomic mass is 9.72. The van der Waals surface area contributed by atoms with Crippen LogP contribution < -0.4 is 10.6 Å². The number of hydrogen-bond acceptors (Lipinski definition) is 5. The molecule has 2 N–H and O–H groups in total. The normalized spacial score (nSPS) is 17.6. The molecule has 1 aliphatic carbocycles. The highest BCUT2D eigenvalue weighted by Gasteiger charge is 2.33. The fraction of sp³-hybridized carbons (Fsp3) is 0.364. The number of benzene rings is 1. The summed E-state index contributed by atoms with van der Waals surface area (Å²) in [6.07, 6.45) is 6.60. The molecule has 1 amide bonds. The van der Waals surface area contributed by atoms with E-state index in [1.165, 1.54) is 6.20 Å². The molecule has 0 saturated heterocycles. The molecular formula is C22H25Cl2N3O3S. The summed E-state index contributed by atoms with van der Waals surface area (Å²) in [6, 6.07) is 9.57. The second-order valence-electron chi connectivity index (χ2n) is 7.48. The predicted molar refractivity (Wildman–Crippen MR) is 127 cm³/mol. The molecule has 1 unspecified atom stereocenters. The van der Waals surface area contributed by atoms with Gasteiger partial charge in [0.1, 0.15) is 9.84 Å². The van der Waals surface area contributed by atoms with Gasteiger partial charge in [0, 0.05) is 55.0 Å². The van der Waals surface area contributed by atoms with Crippen molar-refractivity contribution in [2.45, 2.75) is 24.7 Å². The standard InChI is InChI=1S/C22H24ClN3O3S.ClH/c1-30(28,29)13-12-25-21(27)19-15-24-11-8-20(19)26-16-22(9-3-2-4-10-22)17-6-5-7-18(23)14-17;/h5-8,11,14-15H,3,9-10,12-13,16H2,1H3,(H,24,26)(H,25,27);1H. The summed E-state index contributed by atoms with van der Waals surface area (Å²) in [5.41, 5.74) is 1.91. The lowest BCUT2D eigenvalue weighted by molar-refractivity contribution is 0.0956. The van der Waals surface area contributed by atoms with Crippen molar-refractivity contribution in [2.24, 2.45) is 0 Å². The van der Waals surface area contributed by atoms with E-state index in [-0.39, 0.29) is 36.0 Å². The maximum atomic E-state index is 12.6. The monoisotopic (exact) mass is 481 g/mol. The Bertz CT molecular complexity index is 1100. The number of carbonyl (C=O) groups excluding carboxylic acids is 1. The van der Waals surface area contributed by atoms with Crippen LogP contribution in [-0.2, 0) is 15.3 Å². The Morgan fingerprint density at radius 1 is 1.29 bits per heavy atom. The van der Waals surface area contributed by atoms with Gasteiger partial charge in [-0.05, 0) is 30.2 Å². The number of rotatable bonds is 8. The number of aromatic nitrogens is 1. The van der Waals surface area contributed by atoms with Gasteiger partial charge in [-0.25, -0.2) is 8.42 Å². The average molecular weight is 482 g/mol. The molecule has 31 heavy (non-hydrogen) atoms. The summed E-state index contributed by atoms with van der Waals surface area (Å²) in [5.74, 6) is 5.90. The van der Waals surface area contributed by atoms with Gasteiger partial charge in [-0.2, -0.15) is 0 Å². The van der Waals surface area contributed by atoms with Crippen LogP contribution in [-0.4, -0.2) is 44.4 Å². The number of nitrogens with zero attached hydrogens (tertiary/aromatic N) is 1. The Balaban J connectivity index is 0.00000341. The van der Waals surface area contributed by atoms with E-state index in [0.717, 1.165) is 24.7 Å². The Hall–Kier alpha value is -2.27. The third-order valence-corrected chi connectivity index (χ3v) is 6.34. The third kappa shape index (κ3) is 6.86. The van der Waals surface area contributed by atoms with Crippen molar-refractivity contribution in [1.82, 2.24) is 10.3 Å². The topological polar surface area (TPSA) is 88.2 Å². The van der Waals surface area contributed by atoms with Crippen molar-refractivity contribution in [1.29, 1.82) is 0 Å². The molecule has 1 aliphatic rings. The van der Waals surface area contributed by atoms with Gasteiger partial charge in [0.15, 0.2) is 0 Å². The summed E-state index contributed by atoms with van der Waals surface area (Å²) < 4.78 is 22.6. The van der Waals surface area contributed by atoms with Crippen LogP contribution in [0.15, 0.2) is 42.7 Å². The van der Waals surface area contributed by atoms with Crippen molar-refractivity contribution in [3.05, 3.63) is 58.9 Å². The van der Waals surface area contributed by atoms with Crippen molar-refractivity contribution in [3.8, 4) is 11.8 Å². The van der Waals surface area contributed by atoms with Crippen molar-refractivity contribution in [2.75, 3.05) is 30.4 Å². The molecular weight excluding hydrogens is 457 g/mol. The number of sulfone groups is 1. The van der Waals surface area contributed by atoms with Gasteiger partial charge in [-0.3, -0.25) is 9.78 Å². The van der Waals surface area contributed by atoms with Crippen LogP contribution in [0, 0.1) is 11.8 Å². The summed E-state index contributed by atoms with van der Waals surface area (Å²) in [6.45, 7) is 0.629. The maximum Gasteiger partial charge on any atom is 0.254 e. The van der Waals surface area contributed by atoms with Gasteiger partial charge < -0.3 is 10.6 Å². The fourth-order valence-corrected chi connectivity index (χ4v) is 4.13. The molecule has 0 fully saturated rings. The molecule has 0 spiro atoms. The van der Waals surface area contributed by atoms with Crippen LogP contribution in [0.5, 0.6) is 0 Å². The minimum Gasteiger partial charge on any atom is -0.383 e. The Labute approximate surface area is 194 Å². The lowest BCUT2D eigenvalue weighted by Gasteiger charge is -2.35. The van der Waals surface area contributed by atoms with E-state index in [1.54, 1.807) is 12.3 Å². The van der Waals surface area contributed by atoms with Crippen LogP contribution in [0.25, 0.3) is 0 Å². The first-order valence-corrected chi connectivity index (χ1v) is 12.1. The van der Waals surface area contributed by atoms with E-state index in [9.17, 15) is 13.2 Å². The Morgan fingerprint density at radius 2 is 2.10 bits per heavy atom. The first-order chi connectivity index (χ1) is 14.3. The van der Waals surface area contributed by atoms with Crippen molar-refractivity contribution < 1.29 is 13.2 Å². The van der Waals surface area contributed by atoms with E-state index in [4.69, 9.17) is 11.6 Å². The molecule has 166 valence electrons. The number of carbonyl (C=O) groups is 1. The Kier molecular flexibility index (Phi) is 8.75. The number of pyridine rings is 1. The summed E-state index contributed by atoms with van der Waals surface area (Å²) in [4.78, 5) is 16.6. The number of amides is 1. The predicted octanol–water partition coefficient (Wildman–Crippen LogP) is 3.47. The van der Waals surface area contributed by atoms with Crippen molar-refractivity contribution in [3.63, 3.8) is 0 Å². The second kappa shape index (κ2) is 10.9. The first kappa shape index (κ1) is 25.0. The van der Waals surface area contributed by atoms with E-state index in [0.29, 0.717) is 29.2 Å². The molecule has 0 bridgehead atoms. The van der Waals surface area contributed by atoms with Crippen LogP contribution in [0.2, 0.25) is 5.02 Å². The summed E-state index contributed by atoms with van der Waals surface area (Å²) in [7, 11) is -3.15. The quantitative estimate of drug-likeness (QED) is 0.563.